The lowest BCUT2D eigenvalue weighted by Gasteiger charge is -2.39. The summed E-state index contributed by atoms with van der Waals surface area (Å²) in [5.41, 5.74) is 4.21. The number of nitrogens with zero attached hydrogens (tertiary/aromatic N) is 3. The standard InChI is InChI=1S/C39H56N6O2.C3H8.C2H6.C2H4/c1-10-14-38(43-35(37(46-9)25-40-7)23-28(3)39(4,5)6)42-34-17-18-36(33-16-13-12-15-32(33)34)47-31-19-20-41-29(24-31)26-45-22-21-44(8)30(11-2)27-45;1-3-2;2*1-2/h12-20,23-24,30,40,42-43H,10-11,21-22,25-27H2,1-9H3;3H2,1-2H3;1-2H3;1-2H2/b28-23+,37-35-,38-14?;;;. The lowest BCUT2D eigenvalue weighted by molar-refractivity contribution is 0.0875. The van der Waals surface area contributed by atoms with Crippen LogP contribution >= 0.6 is 0 Å². The first-order valence-corrected chi connectivity index (χ1v) is 19.9. The fraction of sp³-hybridized carbons (Fsp3) is 0.500. The van der Waals surface area contributed by atoms with Crippen LogP contribution in [-0.2, 0) is 11.3 Å². The van der Waals surface area contributed by atoms with E-state index in [1.165, 1.54) is 12.0 Å². The Kier molecular flexibility index (Phi) is 22.9. The van der Waals surface area contributed by atoms with E-state index >= 15 is 0 Å². The molecule has 3 N–H and O–H groups in total. The first-order chi connectivity index (χ1) is 26.0. The van der Waals surface area contributed by atoms with E-state index in [0.717, 1.165) is 90.0 Å². The van der Waals surface area contributed by atoms with Crippen molar-refractivity contribution in [2.24, 2.45) is 5.41 Å². The van der Waals surface area contributed by atoms with E-state index in [2.05, 4.69) is 155 Å². The van der Waals surface area contributed by atoms with E-state index in [9.17, 15) is 0 Å². The van der Waals surface area contributed by atoms with Crippen LogP contribution in [0.5, 0.6) is 11.5 Å². The molecule has 1 saturated heterocycles. The third kappa shape index (κ3) is 15.3. The normalized spacial score (nSPS) is 15.7. The maximum absolute atomic E-state index is 6.54. The monoisotopic (exact) mass is 743 g/mol. The average molecular weight is 743 g/mol. The number of rotatable bonds is 14. The number of anilines is 1. The summed E-state index contributed by atoms with van der Waals surface area (Å²) in [5, 5.41) is 12.7. The zero-order chi connectivity index (χ0) is 40.7. The van der Waals surface area contributed by atoms with Gasteiger partial charge in [-0.2, -0.15) is 0 Å². The zero-order valence-electron chi connectivity index (χ0n) is 36.2. The molecule has 300 valence electrons. The molecule has 0 bridgehead atoms. The summed E-state index contributed by atoms with van der Waals surface area (Å²) in [6.07, 6.45) is 9.46. The number of benzene rings is 2. The molecule has 1 unspecified atom stereocenters. The van der Waals surface area contributed by atoms with E-state index in [0.29, 0.717) is 12.6 Å². The van der Waals surface area contributed by atoms with Crippen LogP contribution in [-0.4, -0.2) is 68.2 Å². The second kappa shape index (κ2) is 25.8. The number of fused-ring (bicyclic) bond motifs is 1. The molecule has 2 heterocycles. The van der Waals surface area contributed by atoms with Gasteiger partial charge in [0.1, 0.15) is 23.1 Å². The van der Waals surface area contributed by atoms with Gasteiger partial charge >= 0.3 is 0 Å². The SMILES string of the molecule is C=C.CC.CCC.CCC=C(NC(/C=C(\C)C(C)(C)C)=C(/CNC)OC)Nc1ccc(Oc2ccnc(CN3CCN(C)C(CC)C3)c2)c2ccccc12. The maximum atomic E-state index is 6.54. The van der Waals surface area contributed by atoms with Gasteiger partial charge in [-0.25, -0.2) is 0 Å². The van der Waals surface area contributed by atoms with E-state index in [-0.39, 0.29) is 5.41 Å². The predicted molar refractivity (Wildman–Crippen MR) is 235 cm³/mol. The Bertz CT molecular complexity index is 1610. The van der Waals surface area contributed by atoms with Crippen molar-refractivity contribution >= 4 is 16.5 Å². The number of piperazine rings is 1. The van der Waals surface area contributed by atoms with Crippen molar-refractivity contribution in [1.29, 1.82) is 0 Å². The van der Waals surface area contributed by atoms with Crippen molar-refractivity contribution < 1.29 is 9.47 Å². The largest absolute Gasteiger partial charge is 0.498 e. The molecule has 0 aliphatic carbocycles. The highest BCUT2D eigenvalue weighted by molar-refractivity contribution is 5.98. The highest BCUT2D eigenvalue weighted by Crippen LogP contribution is 2.35. The summed E-state index contributed by atoms with van der Waals surface area (Å²) in [6, 6.07) is 17.1. The minimum absolute atomic E-state index is 0.0256. The minimum atomic E-state index is 0.0256. The third-order valence-electron chi connectivity index (χ3n) is 8.99. The quantitative estimate of drug-likeness (QED) is 0.0856. The Balaban J connectivity index is 0.00000195. The Labute approximate surface area is 329 Å². The molecule has 1 fully saturated rings. The zero-order valence-corrected chi connectivity index (χ0v) is 36.2. The second-order valence-corrected chi connectivity index (χ2v) is 14.2. The van der Waals surface area contributed by atoms with Crippen LogP contribution in [0.4, 0.5) is 5.69 Å². The van der Waals surface area contributed by atoms with Gasteiger partial charge in [0.2, 0.25) is 0 Å². The van der Waals surface area contributed by atoms with Crippen molar-refractivity contribution in [3.8, 4) is 11.5 Å². The molecule has 8 nitrogen and oxygen atoms in total. The summed E-state index contributed by atoms with van der Waals surface area (Å²) >= 11 is 0. The Morgan fingerprint density at radius 3 is 2.26 bits per heavy atom. The van der Waals surface area contributed by atoms with Gasteiger partial charge in [-0.15, -0.1) is 13.2 Å². The topological polar surface area (TPSA) is 73.9 Å². The van der Waals surface area contributed by atoms with Gasteiger partial charge in [0.25, 0.3) is 0 Å². The highest BCUT2D eigenvalue weighted by atomic mass is 16.5. The number of methoxy groups -OCH3 is 1. The number of pyridine rings is 1. The van der Waals surface area contributed by atoms with Gasteiger partial charge in [0.05, 0.1) is 25.0 Å². The molecule has 1 aromatic heterocycles. The average Bonchev–Trinajstić information content (AvgIpc) is 3.17. The van der Waals surface area contributed by atoms with Crippen molar-refractivity contribution in [3.05, 3.63) is 109 Å². The molecule has 4 rings (SSSR count). The van der Waals surface area contributed by atoms with E-state index < -0.39 is 0 Å². The molecule has 1 atom stereocenters. The molecule has 8 heteroatoms. The maximum Gasteiger partial charge on any atom is 0.135 e. The molecule has 0 saturated carbocycles. The van der Waals surface area contributed by atoms with Crippen LogP contribution in [0.25, 0.3) is 10.8 Å². The predicted octanol–water partition coefficient (Wildman–Crippen LogP) is 11.1. The van der Waals surface area contributed by atoms with Gasteiger partial charge in [-0.05, 0) is 69.6 Å². The van der Waals surface area contributed by atoms with Gasteiger partial charge in [0, 0.05) is 60.9 Å². The number of likely N-dealkylation sites (N-methyl/N-ethyl adjacent to an activating group) is 2. The molecule has 1 aliphatic heterocycles. The number of nitrogens with one attached hydrogen (secondary N) is 3. The number of ether oxygens (including phenoxy) is 2. The molecule has 3 aromatic rings. The van der Waals surface area contributed by atoms with E-state index in [4.69, 9.17) is 9.47 Å². The molecular formula is C46H74N6O2. The van der Waals surface area contributed by atoms with Crippen molar-refractivity contribution in [2.75, 3.05) is 52.7 Å². The summed E-state index contributed by atoms with van der Waals surface area (Å²) < 4.78 is 12.4. The van der Waals surface area contributed by atoms with Gasteiger partial charge < -0.3 is 30.3 Å². The second-order valence-electron chi connectivity index (χ2n) is 14.2. The van der Waals surface area contributed by atoms with Crippen LogP contribution in [0.3, 0.4) is 0 Å². The molecule has 0 amide bonds. The van der Waals surface area contributed by atoms with Crippen molar-refractivity contribution in [1.82, 2.24) is 25.4 Å². The van der Waals surface area contributed by atoms with Crippen molar-refractivity contribution in [3.63, 3.8) is 0 Å². The number of hydrogen-bond donors (Lipinski definition) is 3. The van der Waals surface area contributed by atoms with Crippen LogP contribution in [0, 0.1) is 5.41 Å². The molecule has 54 heavy (non-hydrogen) atoms. The summed E-state index contributed by atoms with van der Waals surface area (Å²) in [7, 11) is 5.87. The smallest absolute Gasteiger partial charge is 0.135 e. The number of aromatic nitrogens is 1. The van der Waals surface area contributed by atoms with Gasteiger partial charge in [0.15, 0.2) is 0 Å². The third-order valence-corrected chi connectivity index (χ3v) is 8.99. The van der Waals surface area contributed by atoms with Crippen LogP contribution in [0.2, 0.25) is 0 Å². The lowest BCUT2D eigenvalue weighted by Crippen LogP contribution is -2.50. The van der Waals surface area contributed by atoms with Crippen molar-refractivity contribution in [2.45, 2.75) is 101 Å². The number of allylic oxidation sites excluding steroid dienone is 3. The molecule has 1 aliphatic rings. The van der Waals surface area contributed by atoms with Gasteiger partial charge in [-0.3, -0.25) is 9.88 Å². The van der Waals surface area contributed by atoms with Gasteiger partial charge in [-0.1, -0.05) is 98.6 Å². The molecule has 0 radical (unpaired) electrons. The Morgan fingerprint density at radius 1 is 1.00 bits per heavy atom. The number of hydrogen-bond acceptors (Lipinski definition) is 8. The summed E-state index contributed by atoms with van der Waals surface area (Å²) in [6.45, 7) is 32.1. The highest BCUT2D eigenvalue weighted by Gasteiger charge is 2.23. The minimum Gasteiger partial charge on any atom is -0.498 e. The van der Waals surface area contributed by atoms with Crippen LogP contribution in [0.15, 0.2) is 103 Å². The molecule has 0 spiro atoms. The lowest BCUT2D eigenvalue weighted by atomic mass is 9.87. The van der Waals surface area contributed by atoms with E-state index in [1.807, 2.05) is 39.2 Å². The van der Waals surface area contributed by atoms with Crippen LogP contribution in [0.1, 0.15) is 94.2 Å². The fourth-order valence-electron chi connectivity index (χ4n) is 5.71. The first-order valence-electron chi connectivity index (χ1n) is 19.9. The summed E-state index contributed by atoms with van der Waals surface area (Å²) in [5.74, 6) is 3.33. The first kappa shape index (κ1) is 47.9. The molecule has 2 aromatic carbocycles. The van der Waals surface area contributed by atoms with E-state index in [1.54, 1.807) is 7.11 Å². The summed E-state index contributed by atoms with van der Waals surface area (Å²) in [4.78, 5) is 9.64. The molecular weight excluding hydrogens is 669 g/mol. The van der Waals surface area contributed by atoms with Crippen LogP contribution < -0.4 is 20.7 Å². The Hall–Kier alpha value is -4.11. The fourth-order valence-corrected chi connectivity index (χ4v) is 5.71. The Morgan fingerprint density at radius 2 is 1.67 bits per heavy atom.